The molecule has 2 aromatic rings. The van der Waals surface area contributed by atoms with Crippen LogP contribution in [0.5, 0.6) is 5.75 Å². The molecule has 0 N–H and O–H groups in total. The molecule has 1 aliphatic heterocycles. The summed E-state index contributed by atoms with van der Waals surface area (Å²) in [6.07, 6.45) is 1.81. The van der Waals surface area contributed by atoms with Crippen molar-refractivity contribution in [1.29, 1.82) is 0 Å². The van der Waals surface area contributed by atoms with Crippen LogP contribution in [0.3, 0.4) is 0 Å². The highest BCUT2D eigenvalue weighted by molar-refractivity contribution is 5.68. The number of carbonyl (C=O) groups excluding carboxylic acids is 1. The summed E-state index contributed by atoms with van der Waals surface area (Å²) in [4.78, 5) is 16.4. The number of nitrogens with zero attached hydrogens (tertiary/aromatic N) is 2. The largest absolute Gasteiger partial charge is 0.494 e. The van der Waals surface area contributed by atoms with Gasteiger partial charge in [-0.3, -0.25) is 4.90 Å². The zero-order valence-corrected chi connectivity index (χ0v) is 18.5. The van der Waals surface area contributed by atoms with Crippen molar-refractivity contribution in [2.45, 2.75) is 45.8 Å². The van der Waals surface area contributed by atoms with Crippen molar-refractivity contribution in [3.05, 3.63) is 65.7 Å². The SMILES string of the molecule is CC(C)(C)OC(=O)N1CCN(Cc2ccc(CCCOc3ccccc3)cc2)CC1. The molecule has 1 amide bonds. The Morgan fingerprint density at radius 2 is 1.53 bits per heavy atom. The number of benzene rings is 2. The molecule has 0 spiro atoms. The predicted molar refractivity (Wildman–Crippen MR) is 120 cm³/mol. The van der Waals surface area contributed by atoms with Crippen LogP contribution in [0.25, 0.3) is 0 Å². The van der Waals surface area contributed by atoms with Gasteiger partial charge < -0.3 is 14.4 Å². The monoisotopic (exact) mass is 410 g/mol. The predicted octanol–water partition coefficient (Wildman–Crippen LogP) is 4.75. The Morgan fingerprint density at radius 3 is 2.17 bits per heavy atom. The van der Waals surface area contributed by atoms with Gasteiger partial charge in [-0.1, -0.05) is 42.5 Å². The number of carbonyl (C=O) groups is 1. The third kappa shape index (κ3) is 7.38. The Morgan fingerprint density at radius 1 is 0.900 bits per heavy atom. The van der Waals surface area contributed by atoms with Crippen molar-refractivity contribution in [3.8, 4) is 5.75 Å². The Bertz CT molecular complexity index is 776. The van der Waals surface area contributed by atoms with Crippen molar-refractivity contribution in [1.82, 2.24) is 9.80 Å². The first-order chi connectivity index (χ1) is 14.4. The van der Waals surface area contributed by atoms with Crippen LogP contribution in [0.1, 0.15) is 38.3 Å². The van der Waals surface area contributed by atoms with Gasteiger partial charge in [-0.2, -0.15) is 0 Å². The molecule has 5 heteroatoms. The van der Waals surface area contributed by atoms with E-state index in [1.165, 1.54) is 11.1 Å². The molecule has 0 aromatic heterocycles. The van der Waals surface area contributed by atoms with Crippen LogP contribution < -0.4 is 4.74 Å². The van der Waals surface area contributed by atoms with E-state index in [0.717, 1.165) is 44.8 Å². The summed E-state index contributed by atoms with van der Waals surface area (Å²) in [6, 6.07) is 18.8. The van der Waals surface area contributed by atoms with E-state index < -0.39 is 5.60 Å². The number of para-hydroxylation sites is 1. The quantitative estimate of drug-likeness (QED) is 0.618. The molecule has 30 heavy (non-hydrogen) atoms. The molecule has 1 saturated heterocycles. The maximum absolute atomic E-state index is 12.2. The zero-order valence-electron chi connectivity index (χ0n) is 18.5. The van der Waals surface area contributed by atoms with Gasteiger partial charge in [0.05, 0.1) is 6.61 Å². The minimum atomic E-state index is -0.441. The fourth-order valence-corrected chi connectivity index (χ4v) is 3.47. The first-order valence-electron chi connectivity index (χ1n) is 10.8. The van der Waals surface area contributed by atoms with E-state index in [0.29, 0.717) is 13.1 Å². The first-order valence-corrected chi connectivity index (χ1v) is 10.8. The standard InChI is InChI=1S/C25H34N2O3/c1-25(2,3)30-24(28)27-17-15-26(16-18-27)20-22-13-11-21(12-14-22)8-7-19-29-23-9-5-4-6-10-23/h4-6,9-14H,7-8,15-20H2,1-3H3. The summed E-state index contributed by atoms with van der Waals surface area (Å²) in [6.45, 7) is 10.5. The number of hydrogen-bond donors (Lipinski definition) is 0. The molecule has 0 atom stereocenters. The number of aryl methyl sites for hydroxylation is 1. The van der Waals surface area contributed by atoms with E-state index >= 15 is 0 Å². The minimum absolute atomic E-state index is 0.206. The lowest BCUT2D eigenvalue weighted by Gasteiger charge is -2.35. The maximum atomic E-state index is 12.2. The molecule has 3 rings (SSSR count). The van der Waals surface area contributed by atoms with Gasteiger partial charge in [0.1, 0.15) is 11.4 Å². The number of piperazine rings is 1. The van der Waals surface area contributed by atoms with E-state index in [-0.39, 0.29) is 6.09 Å². The van der Waals surface area contributed by atoms with Crippen molar-refractivity contribution in [2.24, 2.45) is 0 Å². The average Bonchev–Trinajstić information content (AvgIpc) is 2.72. The first kappa shape index (κ1) is 22.2. The van der Waals surface area contributed by atoms with E-state index in [2.05, 4.69) is 29.2 Å². The van der Waals surface area contributed by atoms with Gasteiger partial charge in [-0.15, -0.1) is 0 Å². The van der Waals surface area contributed by atoms with Crippen molar-refractivity contribution in [3.63, 3.8) is 0 Å². The van der Waals surface area contributed by atoms with Crippen LogP contribution in [0.2, 0.25) is 0 Å². The highest BCUT2D eigenvalue weighted by atomic mass is 16.6. The molecule has 0 aliphatic carbocycles. The summed E-state index contributed by atoms with van der Waals surface area (Å²) in [5, 5.41) is 0. The molecule has 1 fully saturated rings. The number of amides is 1. The second kappa shape index (κ2) is 10.5. The Balaban J connectivity index is 1.36. The van der Waals surface area contributed by atoms with Crippen LogP contribution in [-0.2, 0) is 17.7 Å². The average molecular weight is 411 g/mol. The topological polar surface area (TPSA) is 42.0 Å². The second-order valence-corrected chi connectivity index (χ2v) is 8.83. The van der Waals surface area contributed by atoms with Gasteiger partial charge >= 0.3 is 6.09 Å². The fraction of sp³-hybridized carbons (Fsp3) is 0.480. The molecule has 0 unspecified atom stereocenters. The van der Waals surface area contributed by atoms with Crippen LogP contribution in [-0.4, -0.2) is 54.3 Å². The van der Waals surface area contributed by atoms with Crippen molar-refractivity contribution < 1.29 is 14.3 Å². The molecular formula is C25H34N2O3. The van der Waals surface area contributed by atoms with Crippen molar-refractivity contribution >= 4 is 6.09 Å². The maximum Gasteiger partial charge on any atom is 0.410 e. The summed E-state index contributed by atoms with van der Waals surface area (Å²) in [5.41, 5.74) is 2.21. The Kier molecular flexibility index (Phi) is 7.75. The molecule has 2 aromatic carbocycles. The summed E-state index contributed by atoms with van der Waals surface area (Å²) in [5.74, 6) is 0.930. The van der Waals surface area contributed by atoms with Gasteiger partial charge in [0, 0.05) is 32.7 Å². The van der Waals surface area contributed by atoms with Gasteiger partial charge in [-0.05, 0) is 56.9 Å². The molecule has 1 heterocycles. The van der Waals surface area contributed by atoms with Gasteiger partial charge in [0.25, 0.3) is 0 Å². The minimum Gasteiger partial charge on any atom is -0.494 e. The van der Waals surface area contributed by atoms with Crippen molar-refractivity contribution in [2.75, 3.05) is 32.8 Å². The zero-order chi connectivity index (χ0) is 21.4. The van der Waals surface area contributed by atoms with Crippen LogP contribution >= 0.6 is 0 Å². The lowest BCUT2D eigenvalue weighted by molar-refractivity contribution is 0.0139. The number of rotatable bonds is 7. The molecule has 162 valence electrons. The van der Waals surface area contributed by atoms with Crippen LogP contribution in [0.15, 0.2) is 54.6 Å². The second-order valence-electron chi connectivity index (χ2n) is 8.83. The lowest BCUT2D eigenvalue weighted by atomic mass is 10.1. The molecule has 0 bridgehead atoms. The normalized spacial score (nSPS) is 15.1. The highest BCUT2D eigenvalue weighted by Gasteiger charge is 2.25. The molecule has 0 radical (unpaired) electrons. The van der Waals surface area contributed by atoms with Gasteiger partial charge in [0.2, 0.25) is 0 Å². The third-order valence-corrected chi connectivity index (χ3v) is 5.07. The van der Waals surface area contributed by atoms with E-state index in [1.54, 1.807) is 0 Å². The number of ether oxygens (including phenoxy) is 2. The summed E-state index contributed by atoms with van der Waals surface area (Å²) >= 11 is 0. The summed E-state index contributed by atoms with van der Waals surface area (Å²) in [7, 11) is 0. The smallest absolute Gasteiger partial charge is 0.410 e. The molecule has 0 saturated carbocycles. The van der Waals surface area contributed by atoms with Gasteiger partial charge in [0.15, 0.2) is 0 Å². The van der Waals surface area contributed by atoms with E-state index in [1.807, 2.05) is 56.0 Å². The Hall–Kier alpha value is -2.53. The van der Waals surface area contributed by atoms with Gasteiger partial charge in [-0.25, -0.2) is 4.79 Å². The van der Waals surface area contributed by atoms with E-state index in [9.17, 15) is 4.79 Å². The fourth-order valence-electron chi connectivity index (χ4n) is 3.47. The third-order valence-electron chi connectivity index (χ3n) is 5.07. The molecular weight excluding hydrogens is 376 g/mol. The molecule has 1 aliphatic rings. The highest BCUT2D eigenvalue weighted by Crippen LogP contribution is 2.15. The Labute approximate surface area is 180 Å². The van der Waals surface area contributed by atoms with E-state index in [4.69, 9.17) is 9.47 Å². The lowest BCUT2D eigenvalue weighted by Crippen LogP contribution is -2.49. The van der Waals surface area contributed by atoms with Crippen LogP contribution in [0, 0.1) is 0 Å². The molecule has 5 nitrogen and oxygen atoms in total. The van der Waals surface area contributed by atoms with Crippen LogP contribution in [0.4, 0.5) is 4.79 Å². The number of hydrogen-bond acceptors (Lipinski definition) is 4. The summed E-state index contributed by atoms with van der Waals surface area (Å²) < 4.78 is 11.2.